The minimum Gasteiger partial charge on any atom is -0.381 e. The van der Waals surface area contributed by atoms with Crippen molar-refractivity contribution in [1.29, 1.82) is 0 Å². The van der Waals surface area contributed by atoms with Crippen LogP contribution in [0.1, 0.15) is 16.7 Å². The number of aromatic nitrogens is 1. The number of rotatable bonds is 3. The molecule has 0 aliphatic carbocycles. The van der Waals surface area contributed by atoms with Gasteiger partial charge in [-0.25, -0.2) is 0 Å². The second kappa shape index (κ2) is 5.19. The van der Waals surface area contributed by atoms with Crippen LogP contribution in [0.4, 0.5) is 5.69 Å². The zero-order chi connectivity index (χ0) is 12.3. The van der Waals surface area contributed by atoms with Crippen molar-refractivity contribution in [3.8, 4) is 0 Å². The molecular formula is C14H15ClN2. The van der Waals surface area contributed by atoms with Crippen molar-refractivity contribution in [3.05, 3.63) is 58.4 Å². The Bertz CT molecular complexity index is 523. The van der Waals surface area contributed by atoms with Crippen molar-refractivity contribution in [1.82, 2.24) is 4.98 Å². The van der Waals surface area contributed by atoms with Crippen LogP contribution in [0.15, 0.2) is 36.7 Å². The van der Waals surface area contributed by atoms with Crippen LogP contribution < -0.4 is 5.32 Å². The Labute approximate surface area is 107 Å². The lowest BCUT2D eigenvalue weighted by atomic mass is 10.2. The molecule has 0 radical (unpaired) electrons. The van der Waals surface area contributed by atoms with Crippen LogP contribution in [-0.4, -0.2) is 4.98 Å². The molecule has 0 saturated heterocycles. The lowest BCUT2D eigenvalue weighted by Crippen LogP contribution is -2.01. The summed E-state index contributed by atoms with van der Waals surface area (Å²) in [6.45, 7) is 4.86. The highest BCUT2D eigenvalue weighted by Gasteiger charge is 1.99. The van der Waals surface area contributed by atoms with Gasteiger partial charge in [-0.1, -0.05) is 17.7 Å². The molecule has 0 unspecified atom stereocenters. The molecule has 1 aromatic heterocycles. The van der Waals surface area contributed by atoms with Gasteiger partial charge in [0.25, 0.3) is 0 Å². The van der Waals surface area contributed by atoms with Crippen molar-refractivity contribution in [2.75, 3.05) is 5.32 Å². The molecule has 0 atom stereocenters. The summed E-state index contributed by atoms with van der Waals surface area (Å²) in [4.78, 5) is 4.17. The molecule has 1 aromatic carbocycles. The van der Waals surface area contributed by atoms with Crippen molar-refractivity contribution in [3.63, 3.8) is 0 Å². The molecule has 1 N–H and O–H groups in total. The fraction of sp³-hybridized carbons (Fsp3) is 0.214. The summed E-state index contributed by atoms with van der Waals surface area (Å²) in [6, 6.07) is 7.98. The van der Waals surface area contributed by atoms with E-state index in [1.165, 1.54) is 11.1 Å². The molecular weight excluding hydrogens is 232 g/mol. The van der Waals surface area contributed by atoms with E-state index in [1.54, 1.807) is 0 Å². The van der Waals surface area contributed by atoms with E-state index in [0.29, 0.717) is 0 Å². The molecule has 2 aromatic rings. The van der Waals surface area contributed by atoms with Gasteiger partial charge in [-0.3, -0.25) is 4.98 Å². The Morgan fingerprint density at radius 2 is 2.00 bits per heavy atom. The summed E-state index contributed by atoms with van der Waals surface area (Å²) in [5.41, 5.74) is 4.62. The molecule has 0 aliphatic heterocycles. The van der Waals surface area contributed by atoms with Gasteiger partial charge in [0.05, 0.1) is 0 Å². The van der Waals surface area contributed by atoms with E-state index in [1.807, 2.05) is 44.4 Å². The van der Waals surface area contributed by atoms with Crippen LogP contribution in [-0.2, 0) is 6.54 Å². The Morgan fingerprint density at radius 1 is 1.18 bits per heavy atom. The van der Waals surface area contributed by atoms with Gasteiger partial charge in [0.2, 0.25) is 0 Å². The lowest BCUT2D eigenvalue weighted by Gasteiger charge is -2.10. The van der Waals surface area contributed by atoms with Crippen LogP contribution in [0.2, 0.25) is 5.02 Å². The number of pyridine rings is 1. The molecule has 0 saturated carbocycles. The van der Waals surface area contributed by atoms with Gasteiger partial charge in [-0.2, -0.15) is 0 Å². The predicted octanol–water partition coefficient (Wildman–Crippen LogP) is 3.96. The summed E-state index contributed by atoms with van der Waals surface area (Å²) < 4.78 is 0. The fourth-order valence-corrected chi connectivity index (χ4v) is 1.96. The van der Waals surface area contributed by atoms with Crippen LogP contribution in [0, 0.1) is 13.8 Å². The van der Waals surface area contributed by atoms with Crippen LogP contribution in [0.3, 0.4) is 0 Å². The second-order valence-electron chi connectivity index (χ2n) is 4.18. The highest BCUT2D eigenvalue weighted by molar-refractivity contribution is 6.30. The number of aryl methyl sites for hydroxylation is 2. The first-order valence-electron chi connectivity index (χ1n) is 5.56. The summed E-state index contributed by atoms with van der Waals surface area (Å²) >= 11 is 5.92. The molecule has 0 aliphatic rings. The number of hydrogen-bond acceptors (Lipinski definition) is 2. The summed E-state index contributed by atoms with van der Waals surface area (Å²) in [7, 11) is 0. The predicted molar refractivity (Wildman–Crippen MR) is 72.5 cm³/mol. The molecule has 0 spiro atoms. The van der Waals surface area contributed by atoms with Gasteiger partial charge < -0.3 is 5.32 Å². The fourth-order valence-electron chi connectivity index (χ4n) is 1.74. The van der Waals surface area contributed by atoms with E-state index in [4.69, 9.17) is 11.6 Å². The maximum atomic E-state index is 5.92. The molecule has 2 nitrogen and oxygen atoms in total. The maximum Gasteiger partial charge on any atom is 0.0416 e. The largest absolute Gasteiger partial charge is 0.381 e. The normalized spacial score (nSPS) is 10.3. The van der Waals surface area contributed by atoms with Crippen molar-refractivity contribution < 1.29 is 0 Å². The third-order valence-electron chi connectivity index (χ3n) is 2.60. The van der Waals surface area contributed by atoms with Crippen molar-refractivity contribution in [2.45, 2.75) is 20.4 Å². The van der Waals surface area contributed by atoms with E-state index in [9.17, 15) is 0 Å². The topological polar surface area (TPSA) is 24.9 Å². The summed E-state index contributed by atoms with van der Waals surface area (Å²) in [6.07, 6.45) is 3.74. The number of hydrogen-bond donors (Lipinski definition) is 1. The zero-order valence-electron chi connectivity index (χ0n) is 10.00. The van der Waals surface area contributed by atoms with E-state index in [-0.39, 0.29) is 0 Å². The molecule has 3 heteroatoms. The second-order valence-corrected chi connectivity index (χ2v) is 4.62. The van der Waals surface area contributed by atoms with E-state index in [2.05, 4.69) is 16.4 Å². The monoisotopic (exact) mass is 246 g/mol. The number of benzene rings is 1. The highest BCUT2D eigenvalue weighted by atomic mass is 35.5. The number of halogens is 1. The van der Waals surface area contributed by atoms with Crippen LogP contribution >= 0.6 is 11.6 Å². The molecule has 0 fully saturated rings. The van der Waals surface area contributed by atoms with E-state index >= 15 is 0 Å². The average Bonchev–Trinajstić information content (AvgIpc) is 2.28. The first-order valence-corrected chi connectivity index (χ1v) is 5.93. The molecule has 88 valence electrons. The zero-order valence-corrected chi connectivity index (χ0v) is 10.8. The van der Waals surface area contributed by atoms with Crippen LogP contribution in [0.25, 0.3) is 0 Å². The molecule has 0 amide bonds. The van der Waals surface area contributed by atoms with Gasteiger partial charge in [0, 0.05) is 29.6 Å². The minimum atomic E-state index is 0.769. The van der Waals surface area contributed by atoms with E-state index < -0.39 is 0 Å². The first-order chi connectivity index (χ1) is 8.15. The third kappa shape index (κ3) is 3.21. The Morgan fingerprint density at radius 3 is 2.71 bits per heavy atom. The Kier molecular flexibility index (Phi) is 3.64. The number of nitrogens with zero attached hydrogens (tertiary/aromatic N) is 1. The van der Waals surface area contributed by atoms with Crippen molar-refractivity contribution >= 4 is 17.3 Å². The van der Waals surface area contributed by atoms with Gasteiger partial charge in [0.15, 0.2) is 0 Å². The molecule has 17 heavy (non-hydrogen) atoms. The van der Waals surface area contributed by atoms with Gasteiger partial charge in [0.1, 0.15) is 0 Å². The summed E-state index contributed by atoms with van der Waals surface area (Å²) in [5.74, 6) is 0. The first kappa shape index (κ1) is 11.9. The average molecular weight is 247 g/mol. The highest BCUT2D eigenvalue weighted by Crippen LogP contribution is 2.20. The molecule has 0 bridgehead atoms. The minimum absolute atomic E-state index is 0.769. The van der Waals surface area contributed by atoms with Crippen molar-refractivity contribution in [2.24, 2.45) is 0 Å². The lowest BCUT2D eigenvalue weighted by molar-refractivity contribution is 1.09. The SMILES string of the molecule is Cc1cncc(CNc2ccc(Cl)cc2C)c1. The van der Waals surface area contributed by atoms with Gasteiger partial charge in [-0.15, -0.1) is 0 Å². The number of nitrogens with one attached hydrogen (secondary N) is 1. The Balaban J connectivity index is 2.07. The Hall–Kier alpha value is -1.54. The quantitative estimate of drug-likeness (QED) is 0.887. The molecule has 2 rings (SSSR count). The smallest absolute Gasteiger partial charge is 0.0416 e. The summed E-state index contributed by atoms with van der Waals surface area (Å²) in [5, 5.41) is 4.15. The van der Waals surface area contributed by atoms with Gasteiger partial charge >= 0.3 is 0 Å². The maximum absolute atomic E-state index is 5.92. The molecule has 1 heterocycles. The number of anilines is 1. The standard InChI is InChI=1S/C14H15ClN2/c1-10-5-12(8-16-7-10)9-17-14-4-3-13(15)6-11(14)2/h3-8,17H,9H2,1-2H3. The van der Waals surface area contributed by atoms with Crippen LogP contribution in [0.5, 0.6) is 0 Å². The van der Waals surface area contributed by atoms with E-state index in [0.717, 1.165) is 22.8 Å². The van der Waals surface area contributed by atoms with Gasteiger partial charge in [-0.05, 0) is 48.7 Å². The third-order valence-corrected chi connectivity index (χ3v) is 2.84.